The Morgan fingerprint density at radius 2 is 1.81 bits per heavy atom. The van der Waals surface area contributed by atoms with Crippen molar-refractivity contribution in [2.24, 2.45) is 5.14 Å². The van der Waals surface area contributed by atoms with Gasteiger partial charge in [0.15, 0.2) is 10.9 Å². The summed E-state index contributed by atoms with van der Waals surface area (Å²) < 4.78 is 37.8. The average Bonchev–Trinajstić information content (AvgIpc) is 3.03. The van der Waals surface area contributed by atoms with Crippen molar-refractivity contribution in [2.45, 2.75) is 11.4 Å². The average molecular weight is 405 g/mol. The molecule has 10 heteroatoms. The molecule has 3 rings (SSSR count). The number of benzene rings is 2. The molecule has 1 aromatic heterocycles. The molecule has 7 nitrogen and oxygen atoms in total. The molecule has 0 bridgehead atoms. The molecule has 2 aromatic carbocycles. The highest BCUT2D eigenvalue weighted by atomic mass is 32.2. The van der Waals surface area contributed by atoms with Crippen LogP contribution in [-0.2, 0) is 16.6 Å². The predicted octanol–water partition coefficient (Wildman–Crippen LogP) is 2.53. The quantitative estimate of drug-likeness (QED) is 0.564. The van der Waals surface area contributed by atoms with E-state index in [0.29, 0.717) is 23.6 Å². The van der Waals surface area contributed by atoms with Crippen LogP contribution in [0.5, 0.6) is 0 Å². The summed E-state index contributed by atoms with van der Waals surface area (Å²) in [5.74, 6) is 0.202. The Morgan fingerprint density at radius 1 is 1.11 bits per heavy atom. The van der Waals surface area contributed by atoms with Crippen molar-refractivity contribution in [3.8, 4) is 0 Å². The first-order chi connectivity index (χ1) is 12.8. The maximum Gasteiger partial charge on any atom is 0.238 e. The van der Waals surface area contributed by atoms with E-state index in [1.165, 1.54) is 18.2 Å². The van der Waals surface area contributed by atoms with E-state index in [4.69, 9.17) is 17.4 Å². The Hall–Kier alpha value is -2.82. The van der Waals surface area contributed by atoms with E-state index < -0.39 is 10.0 Å². The lowest BCUT2D eigenvalue weighted by Crippen LogP contribution is -2.19. The van der Waals surface area contributed by atoms with E-state index in [9.17, 15) is 12.8 Å². The van der Waals surface area contributed by atoms with Crippen molar-refractivity contribution in [2.75, 3.05) is 10.6 Å². The number of nitrogens with two attached hydrogens (primary N) is 1. The van der Waals surface area contributed by atoms with Gasteiger partial charge in [-0.3, -0.25) is 4.68 Å². The van der Waals surface area contributed by atoms with Gasteiger partial charge in [-0.05, 0) is 42.5 Å². The predicted molar refractivity (Wildman–Crippen MR) is 105 cm³/mol. The molecule has 0 saturated heterocycles. The number of rotatable bonds is 5. The maximum atomic E-state index is 13.7. The zero-order chi connectivity index (χ0) is 19.4. The van der Waals surface area contributed by atoms with Gasteiger partial charge in [0.05, 0.1) is 11.4 Å². The minimum absolute atomic E-state index is 0.0128. The van der Waals surface area contributed by atoms with E-state index >= 15 is 0 Å². The van der Waals surface area contributed by atoms with Gasteiger partial charge >= 0.3 is 0 Å². The molecule has 0 amide bonds. The largest absolute Gasteiger partial charge is 0.332 e. The van der Waals surface area contributed by atoms with Crippen LogP contribution in [0.25, 0.3) is 0 Å². The van der Waals surface area contributed by atoms with E-state index in [2.05, 4.69) is 15.7 Å². The molecule has 0 aliphatic rings. The van der Waals surface area contributed by atoms with E-state index in [-0.39, 0.29) is 15.8 Å². The van der Waals surface area contributed by atoms with Gasteiger partial charge in [0.1, 0.15) is 5.82 Å². The molecular weight excluding hydrogens is 389 g/mol. The standard InChI is InChI=1S/C17H16FN5O2S2/c18-15-4-2-1-3-12(15)11-23-10-9-16(22-23)21-17(26)20-13-5-7-14(8-6-13)27(19,24)25/h1-10H,11H2,(H2,19,24,25)(H2,20,21,22,26). The molecule has 1 heterocycles. The molecule has 140 valence electrons. The third-order valence-electron chi connectivity index (χ3n) is 3.61. The number of hydrogen-bond donors (Lipinski definition) is 3. The lowest BCUT2D eigenvalue weighted by Gasteiger charge is -2.09. The highest BCUT2D eigenvalue weighted by Crippen LogP contribution is 2.14. The Bertz CT molecular complexity index is 1060. The number of primary sulfonamides is 1. The topological polar surface area (TPSA) is 102 Å². The zero-order valence-corrected chi connectivity index (χ0v) is 15.6. The van der Waals surface area contributed by atoms with Gasteiger partial charge in [0.25, 0.3) is 0 Å². The molecule has 27 heavy (non-hydrogen) atoms. The van der Waals surface area contributed by atoms with E-state index in [1.54, 1.807) is 47.3 Å². The van der Waals surface area contributed by atoms with Crippen LogP contribution < -0.4 is 15.8 Å². The molecule has 0 spiro atoms. The van der Waals surface area contributed by atoms with Crippen molar-refractivity contribution in [3.63, 3.8) is 0 Å². The van der Waals surface area contributed by atoms with Crippen LogP contribution in [0.3, 0.4) is 0 Å². The van der Waals surface area contributed by atoms with Gasteiger partial charge in [-0.2, -0.15) is 5.10 Å². The van der Waals surface area contributed by atoms with Crippen molar-refractivity contribution in [1.82, 2.24) is 9.78 Å². The van der Waals surface area contributed by atoms with Crippen molar-refractivity contribution in [3.05, 3.63) is 72.2 Å². The smallest absolute Gasteiger partial charge is 0.238 e. The fourth-order valence-electron chi connectivity index (χ4n) is 2.32. The Balaban J connectivity index is 1.60. The van der Waals surface area contributed by atoms with Crippen LogP contribution >= 0.6 is 12.2 Å². The van der Waals surface area contributed by atoms with Crippen molar-refractivity contribution in [1.29, 1.82) is 0 Å². The third-order valence-corrected chi connectivity index (χ3v) is 4.75. The lowest BCUT2D eigenvalue weighted by atomic mass is 10.2. The minimum atomic E-state index is -3.74. The molecule has 4 N–H and O–H groups in total. The molecule has 3 aromatic rings. The first kappa shape index (κ1) is 19.0. The van der Waals surface area contributed by atoms with Gasteiger partial charge in [0.2, 0.25) is 10.0 Å². The summed E-state index contributed by atoms with van der Waals surface area (Å²) in [6.45, 7) is 0.295. The summed E-state index contributed by atoms with van der Waals surface area (Å²) in [5.41, 5.74) is 1.12. The van der Waals surface area contributed by atoms with Crippen LogP contribution in [0.1, 0.15) is 5.56 Å². The summed E-state index contributed by atoms with van der Waals surface area (Å²) in [6, 6.07) is 14.1. The number of nitrogens with one attached hydrogen (secondary N) is 2. The van der Waals surface area contributed by atoms with Gasteiger partial charge < -0.3 is 10.6 Å². The van der Waals surface area contributed by atoms with E-state index in [1.807, 2.05) is 0 Å². The summed E-state index contributed by atoms with van der Waals surface area (Å²) in [6.07, 6.45) is 1.71. The molecule has 0 saturated carbocycles. The Morgan fingerprint density at radius 3 is 2.48 bits per heavy atom. The number of hydrogen-bond acceptors (Lipinski definition) is 4. The molecule has 0 aliphatic carbocycles. The number of aromatic nitrogens is 2. The van der Waals surface area contributed by atoms with Gasteiger partial charge in [-0.1, -0.05) is 18.2 Å². The summed E-state index contributed by atoms with van der Waals surface area (Å²) >= 11 is 5.21. The number of anilines is 2. The van der Waals surface area contributed by atoms with Crippen molar-refractivity contribution < 1.29 is 12.8 Å². The molecule has 0 fully saturated rings. The fraction of sp³-hybridized carbons (Fsp3) is 0.0588. The number of nitrogens with zero attached hydrogens (tertiary/aromatic N) is 2. The summed E-state index contributed by atoms with van der Waals surface area (Å²) in [5, 5.41) is 15.4. The SMILES string of the molecule is NS(=O)(=O)c1ccc(NC(=S)Nc2ccn(Cc3ccccc3F)n2)cc1. The highest BCUT2D eigenvalue weighted by Gasteiger charge is 2.08. The molecule has 0 atom stereocenters. The van der Waals surface area contributed by atoms with Crippen molar-refractivity contribution >= 4 is 38.9 Å². The normalized spacial score (nSPS) is 11.2. The van der Waals surface area contributed by atoms with Gasteiger partial charge in [-0.25, -0.2) is 17.9 Å². The van der Waals surface area contributed by atoms with Crippen LogP contribution in [0, 0.1) is 5.82 Å². The van der Waals surface area contributed by atoms with Crippen LogP contribution in [0.2, 0.25) is 0 Å². The minimum Gasteiger partial charge on any atom is -0.332 e. The third kappa shape index (κ3) is 5.09. The van der Waals surface area contributed by atoms with Gasteiger partial charge in [-0.15, -0.1) is 0 Å². The van der Waals surface area contributed by atoms with Crippen LogP contribution in [-0.4, -0.2) is 23.3 Å². The summed E-state index contributed by atoms with van der Waals surface area (Å²) in [7, 11) is -3.74. The Kier molecular flexibility index (Phi) is 5.49. The molecular formula is C17H16FN5O2S2. The second-order valence-electron chi connectivity index (χ2n) is 5.64. The molecule has 0 radical (unpaired) electrons. The summed E-state index contributed by atoms with van der Waals surface area (Å²) in [4.78, 5) is 0.0128. The second-order valence-corrected chi connectivity index (χ2v) is 7.61. The second kappa shape index (κ2) is 7.82. The molecule has 0 unspecified atom stereocenters. The highest BCUT2D eigenvalue weighted by molar-refractivity contribution is 7.89. The monoisotopic (exact) mass is 405 g/mol. The molecule has 0 aliphatic heterocycles. The van der Waals surface area contributed by atoms with Crippen LogP contribution in [0.4, 0.5) is 15.9 Å². The number of sulfonamides is 1. The van der Waals surface area contributed by atoms with Crippen LogP contribution in [0.15, 0.2) is 65.7 Å². The van der Waals surface area contributed by atoms with Gasteiger partial charge in [0, 0.05) is 23.5 Å². The fourth-order valence-corrected chi connectivity index (χ4v) is 3.06. The lowest BCUT2D eigenvalue weighted by molar-refractivity contribution is 0.586. The maximum absolute atomic E-state index is 13.7. The Labute approximate surface area is 161 Å². The first-order valence-corrected chi connectivity index (χ1v) is 9.74. The zero-order valence-electron chi connectivity index (χ0n) is 14.0. The number of thiocarbonyl (C=S) groups is 1. The van der Waals surface area contributed by atoms with E-state index in [0.717, 1.165) is 0 Å². The number of halogens is 1. The first-order valence-electron chi connectivity index (χ1n) is 7.79.